The number of hydrogen-bond donors (Lipinski definition) is 1. The van der Waals surface area contributed by atoms with Crippen molar-refractivity contribution < 1.29 is 22.7 Å². The van der Waals surface area contributed by atoms with Crippen molar-refractivity contribution in [2.24, 2.45) is 0 Å². The van der Waals surface area contributed by atoms with Crippen LogP contribution in [-0.4, -0.2) is 51.0 Å². The van der Waals surface area contributed by atoms with Gasteiger partial charge in [-0.2, -0.15) is 4.31 Å². The molecule has 1 atom stereocenters. The molecule has 2 heterocycles. The predicted molar refractivity (Wildman–Crippen MR) is 103 cm³/mol. The molecule has 2 aromatic rings. The summed E-state index contributed by atoms with van der Waals surface area (Å²) in [6, 6.07) is 13.7. The van der Waals surface area contributed by atoms with Gasteiger partial charge in [0.05, 0.1) is 4.90 Å². The summed E-state index contributed by atoms with van der Waals surface area (Å²) in [5.74, 6) is 0.684. The number of carbonyl (C=O) groups excluding carboxylic acids is 1. The fraction of sp³-hybridized carbons (Fsp3) is 0.350. The van der Waals surface area contributed by atoms with Crippen molar-refractivity contribution in [1.29, 1.82) is 0 Å². The highest BCUT2D eigenvalue weighted by atomic mass is 32.2. The molecular formula is C20H22N2O5S. The van der Waals surface area contributed by atoms with Crippen LogP contribution in [0.25, 0.3) is 0 Å². The Morgan fingerprint density at radius 2 is 1.82 bits per heavy atom. The van der Waals surface area contributed by atoms with Crippen molar-refractivity contribution in [2.75, 3.05) is 26.3 Å². The lowest BCUT2D eigenvalue weighted by atomic mass is 10.1. The Morgan fingerprint density at radius 1 is 1.07 bits per heavy atom. The minimum absolute atomic E-state index is 0.110. The SMILES string of the molecule is O=C(NCCc1ccccc1)C1CCN1S(=O)(=O)c1ccc2c(c1)OCCO2. The number of fused-ring (bicyclic) bond motifs is 1. The highest BCUT2D eigenvalue weighted by Crippen LogP contribution is 2.35. The maximum atomic E-state index is 13.0. The molecule has 28 heavy (non-hydrogen) atoms. The van der Waals surface area contributed by atoms with Crippen LogP contribution in [0.3, 0.4) is 0 Å². The Morgan fingerprint density at radius 3 is 2.54 bits per heavy atom. The molecule has 7 nitrogen and oxygen atoms in total. The molecule has 0 saturated carbocycles. The van der Waals surface area contributed by atoms with Crippen molar-refractivity contribution in [2.45, 2.75) is 23.8 Å². The molecule has 1 saturated heterocycles. The third kappa shape index (κ3) is 3.70. The van der Waals surface area contributed by atoms with Crippen LogP contribution in [0.15, 0.2) is 53.4 Å². The summed E-state index contributed by atoms with van der Waals surface area (Å²) in [5.41, 5.74) is 1.12. The molecule has 2 aliphatic rings. The predicted octanol–water partition coefficient (Wildman–Crippen LogP) is 1.58. The lowest BCUT2D eigenvalue weighted by molar-refractivity contribution is -0.127. The Kier molecular flexibility index (Phi) is 5.23. The molecule has 0 aromatic heterocycles. The van der Waals surface area contributed by atoms with Crippen LogP contribution >= 0.6 is 0 Å². The molecule has 148 valence electrons. The number of amides is 1. The van der Waals surface area contributed by atoms with Gasteiger partial charge in [0.15, 0.2) is 11.5 Å². The third-order valence-electron chi connectivity index (χ3n) is 4.95. The summed E-state index contributed by atoms with van der Waals surface area (Å²) in [6.45, 7) is 1.62. The number of nitrogens with one attached hydrogen (secondary N) is 1. The average Bonchev–Trinajstić information content (AvgIpc) is 2.67. The van der Waals surface area contributed by atoms with Crippen LogP contribution in [0.1, 0.15) is 12.0 Å². The Balaban J connectivity index is 1.40. The number of rotatable bonds is 6. The van der Waals surface area contributed by atoms with Crippen LogP contribution in [0, 0.1) is 0 Å². The molecule has 4 rings (SSSR count). The number of sulfonamides is 1. The van der Waals surface area contributed by atoms with Gasteiger partial charge in [0.1, 0.15) is 19.3 Å². The fourth-order valence-electron chi connectivity index (χ4n) is 3.33. The molecule has 1 amide bonds. The zero-order valence-electron chi connectivity index (χ0n) is 15.3. The second-order valence-electron chi connectivity index (χ2n) is 6.75. The molecule has 1 N–H and O–H groups in total. The fourth-order valence-corrected chi connectivity index (χ4v) is 4.97. The first-order valence-corrected chi connectivity index (χ1v) is 10.7. The van der Waals surface area contributed by atoms with E-state index >= 15 is 0 Å². The highest BCUT2D eigenvalue weighted by Gasteiger charge is 2.43. The third-order valence-corrected chi connectivity index (χ3v) is 6.85. The lowest BCUT2D eigenvalue weighted by Gasteiger charge is -2.38. The first-order valence-electron chi connectivity index (χ1n) is 9.29. The van der Waals surface area contributed by atoms with Crippen LogP contribution in [-0.2, 0) is 21.2 Å². The molecule has 0 radical (unpaired) electrons. The van der Waals surface area contributed by atoms with Gasteiger partial charge in [0, 0.05) is 19.2 Å². The molecule has 2 aliphatic heterocycles. The van der Waals surface area contributed by atoms with Crippen LogP contribution in [0.2, 0.25) is 0 Å². The van der Waals surface area contributed by atoms with Gasteiger partial charge < -0.3 is 14.8 Å². The quantitative estimate of drug-likeness (QED) is 0.793. The van der Waals surface area contributed by atoms with E-state index in [1.807, 2.05) is 30.3 Å². The summed E-state index contributed by atoms with van der Waals surface area (Å²) < 4.78 is 38.1. The zero-order valence-corrected chi connectivity index (χ0v) is 16.2. The number of nitrogens with zero attached hydrogens (tertiary/aromatic N) is 1. The van der Waals surface area contributed by atoms with E-state index in [1.54, 1.807) is 6.07 Å². The maximum absolute atomic E-state index is 13.0. The van der Waals surface area contributed by atoms with Crippen molar-refractivity contribution in [3.05, 3.63) is 54.1 Å². The van der Waals surface area contributed by atoms with Gasteiger partial charge in [-0.15, -0.1) is 0 Å². The zero-order chi connectivity index (χ0) is 19.6. The van der Waals surface area contributed by atoms with Crippen molar-refractivity contribution in [3.63, 3.8) is 0 Å². The second-order valence-corrected chi connectivity index (χ2v) is 8.64. The molecule has 2 aromatic carbocycles. The summed E-state index contributed by atoms with van der Waals surface area (Å²) in [6.07, 6.45) is 1.22. The Bertz CT molecular complexity index is 962. The molecule has 0 bridgehead atoms. The monoisotopic (exact) mass is 402 g/mol. The average molecular weight is 402 g/mol. The first-order chi connectivity index (χ1) is 13.6. The van der Waals surface area contributed by atoms with Gasteiger partial charge in [0.2, 0.25) is 15.9 Å². The van der Waals surface area contributed by atoms with Crippen LogP contribution < -0.4 is 14.8 Å². The molecule has 8 heteroatoms. The van der Waals surface area contributed by atoms with E-state index < -0.39 is 16.1 Å². The summed E-state index contributed by atoms with van der Waals surface area (Å²) in [5, 5.41) is 2.85. The van der Waals surface area contributed by atoms with Crippen LogP contribution in [0.5, 0.6) is 11.5 Å². The van der Waals surface area contributed by atoms with E-state index in [0.717, 1.165) is 5.56 Å². The van der Waals surface area contributed by atoms with E-state index in [2.05, 4.69) is 5.32 Å². The van der Waals surface area contributed by atoms with Gasteiger partial charge in [-0.05, 0) is 30.5 Å². The molecular weight excluding hydrogens is 380 g/mol. The minimum Gasteiger partial charge on any atom is -0.486 e. The standard InChI is InChI=1S/C20H22N2O5S/c23-20(21-10-8-15-4-2-1-3-5-15)17-9-11-22(17)28(24,25)16-6-7-18-19(14-16)27-13-12-26-18/h1-7,14,17H,8-13H2,(H,21,23). The lowest BCUT2D eigenvalue weighted by Crippen LogP contribution is -2.58. The molecule has 1 fully saturated rings. The molecule has 1 unspecified atom stereocenters. The number of carbonyl (C=O) groups is 1. The summed E-state index contributed by atoms with van der Waals surface area (Å²) >= 11 is 0. The van der Waals surface area contributed by atoms with Crippen molar-refractivity contribution in [3.8, 4) is 11.5 Å². The summed E-state index contributed by atoms with van der Waals surface area (Å²) in [7, 11) is -3.77. The largest absolute Gasteiger partial charge is 0.486 e. The van der Waals surface area contributed by atoms with Crippen molar-refractivity contribution >= 4 is 15.9 Å². The number of ether oxygens (including phenoxy) is 2. The smallest absolute Gasteiger partial charge is 0.243 e. The second kappa shape index (κ2) is 7.81. The van der Waals surface area contributed by atoms with E-state index in [9.17, 15) is 13.2 Å². The minimum atomic E-state index is -3.77. The van der Waals surface area contributed by atoms with Gasteiger partial charge in [-0.25, -0.2) is 8.42 Å². The first kappa shape index (κ1) is 18.8. The summed E-state index contributed by atoms with van der Waals surface area (Å²) in [4.78, 5) is 12.6. The highest BCUT2D eigenvalue weighted by molar-refractivity contribution is 7.89. The van der Waals surface area contributed by atoms with Crippen molar-refractivity contribution in [1.82, 2.24) is 9.62 Å². The maximum Gasteiger partial charge on any atom is 0.243 e. The van der Waals surface area contributed by atoms with E-state index in [1.165, 1.54) is 16.4 Å². The van der Waals surface area contributed by atoms with E-state index in [0.29, 0.717) is 50.6 Å². The Labute approximate surface area is 164 Å². The van der Waals surface area contributed by atoms with Gasteiger partial charge >= 0.3 is 0 Å². The van der Waals surface area contributed by atoms with Gasteiger partial charge in [-0.3, -0.25) is 4.79 Å². The van der Waals surface area contributed by atoms with Gasteiger partial charge in [-0.1, -0.05) is 30.3 Å². The van der Waals surface area contributed by atoms with E-state index in [-0.39, 0.29) is 10.8 Å². The molecule has 0 aliphatic carbocycles. The topological polar surface area (TPSA) is 84.9 Å². The van der Waals surface area contributed by atoms with Gasteiger partial charge in [0.25, 0.3) is 0 Å². The number of hydrogen-bond acceptors (Lipinski definition) is 5. The van der Waals surface area contributed by atoms with E-state index in [4.69, 9.17) is 9.47 Å². The number of benzene rings is 2. The normalized spacial score (nSPS) is 18.9. The molecule has 0 spiro atoms. The Hall–Kier alpha value is -2.58. The van der Waals surface area contributed by atoms with Crippen LogP contribution in [0.4, 0.5) is 0 Å².